The number of carboxylic acid groups (broad SMARTS) is 1. The number of benzene rings is 2. The number of rotatable bonds is 3. The van der Waals surface area contributed by atoms with Crippen LogP contribution in [-0.2, 0) is 0 Å². The number of H-pyrrole nitrogens is 1. The molecule has 0 aliphatic heterocycles. The van der Waals surface area contributed by atoms with Crippen molar-refractivity contribution < 1.29 is 9.90 Å². The number of nitrogens with zero attached hydrogens (tertiary/aromatic N) is 3. The molecule has 2 aromatic heterocycles. The molecule has 0 spiro atoms. The Kier molecular flexibility index (Phi) is 3.80. The van der Waals surface area contributed by atoms with Gasteiger partial charge in [-0.1, -0.05) is 30.3 Å². The van der Waals surface area contributed by atoms with Gasteiger partial charge in [0, 0.05) is 5.39 Å². The number of aromatic nitrogens is 4. The number of aromatic amines is 1. The van der Waals surface area contributed by atoms with Gasteiger partial charge in [-0.05, 0) is 25.1 Å². The first-order valence-corrected chi connectivity index (χ1v) is 8.21. The van der Waals surface area contributed by atoms with Gasteiger partial charge in [-0.2, -0.15) is 5.10 Å². The van der Waals surface area contributed by atoms with Crippen molar-refractivity contribution in [1.82, 2.24) is 19.7 Å². The molecule has 8 heteroatoms. The Bertz CT molecular complexity index is 1320. The minimum atomic E-state index is -1.24. The third kappa shape index (κ3) is 2.67. The summed E-state index contributed by atoms with van der Waals surface area (Å²) < 4.78 is 1.04. The summed E-state index contributed by atoms with van der Waals surface area (Å²) in [7, 11) is 0. The third-order valence-electron chi connectivity index (χ3n) is 4.42. The second-order valence-electron chi connectivity index (χ2n) is 6.09. The molecule has 134 valence electrons. The van der Waals surface area contributed by atoms with Crippen LogP contribution in [0.4, 0.5) is 0 Å². The lowest BCUT2D eigenvalue weighted by Gasteiger charge is -2.15. The van der Waals surface area contributed by atoms with Crippen molar-refractivity contribution in [3.8, 4) is 0 Å². The number of aromatic carboxylic acids is 1. The van der Waals surface area contributed by atoms with Crippen molar-refractivity contribution in [2.75, 3.05) is 0 Å². The van der Waals surface area contributed by atoms with E-state index in [9.17, 15) is 19.5 Å². The average molecular weight is 362 g/mol. The van der Waals surface area contributed by atoms with Crippen LogP contribution in [0.2, 0.25) is 0 Å². The van der Waals surface area contributed by atoms with E-state index in [1.54, 1.807) is 55.5 Å². The fourth-order valence-corrected chi connectivity index (χ4v) is 3.05. The molecule has 0 bridgehead atoms. The Labute approximate surface area is 151 Å². The molecule has 1 atom stereocenters. The van der Waals surface area contributed by atoms with Crippen molar-refractivity contribution in [3.05, 3.63) is 80.8 Å². The summed E-state index contributed by atoms with van der Waals surface area (Å²) in [5.41, 5.74) is -0.552. The van der Waals surface area contributed by atoms with Gasteiger partial charge in [0.2, 0.25) is 0 Å². The summed E-state index contributed by atoms with van der Waals surface area (Å²) in [4.78, 5) is 43.8. The predicted octanol–water partition coefficient (Wildman–Crippen LogP) is 1.94. The first-order chi connectivity index (χ1) is 13.0. The number of carbonyl (C=O) groups is 1. The summed E-state index contributed by atoms with van der Waals surface area (Å²) >= 11 is 0. The highest BCUT2D eigenvalue weighted by molar-refractivity contribution is 6.01. The average Bonchev–Trinajstić information content (AvgIpc) is 2.67. The molecule has 0 aliphatic carbocycles. The molecule has 2 N–H and O–H groups in total. The zero-order valence-corrected chi connectivity index (χ0v) is 14.2. The van der Waals surface area contributed by atoms with Crippen molar-refractivity contribution >= 4 is 27.6 Å². The summed E-state index contributed by atoms with van der Waals surface area (Å²) in [6.07, 6.45) is 0. The quantitative estimate of drug-likeness (QED) is 0.575. The van der Waals surface area contributed by atoms with E-state index in [1.165, 1.54) is 0 Å². The van der Waals surface area contributed by atoms with Gasteiger partial charge in [-0.3, -0.25) is 9.59 Å². The maximum Gasteiger partial charge on any atom is 0.357 e. The lowest BCUT2D eigenvalue weighted by Crippen LogP contribution is -2.31. The molecule has 0 saturated heterocycles. The molecular formula is C19H14N4O4. The third-order valence-corrected chi connectivity index (χ3v) is 4.42. The highest BCUT2D eigenvalue weighted by Crippen LogP contribution is 2.17. The van der Waals surface area contributed by atoms with E-state index in [-0.39, 0.29) is 27.9 Å². The van der Waals surface area contributed by atoms with Crippen LogP contribution >= 0.6 is 0 Å². The van der Waals surface area contributed by atoms with Gasteiger partial charge in [0.15, 0.2) is 5.69 Å². The summed E-state index contributed by atoms with van der Waals surface area (Å²) in [5, 5.41) is 14.4. The van der Waals surface area contributed by atoms with Gasteiger partial charge in [0.1, 0.15) is 11.9 Å². The molecule has 27 heavy (non-hydrogen) atoms. The largest absolute Gasteiger partial charge is 0.476 e. The highest BCUT2D eigenvalue weighted by atomic mass is 16.4. The number of hydrogen-bond donors (Lipinski definition) is 2. The van der Waals surface area contributed by atoms with E-state index < -0.39 is 17.6 Å². The highest BCUT2D eigenvalue weighted by Gasteiger charge is 2.21. The Morgan fingerprint density at radius 3 is 2.37 bits per heavy atom. The molecule has 2 aromatic carbocycles. The van der Waals surface area contributed by atoms with Gasteiger partial charge in [0.05, 0.1) is 16.3 Å². The number of para-hydroxylation sites is 1. The zero-order valence-electron chi connectivity index (χ0n) is 14.2. The maximum atomic E-state index is 12.9. The van der Waals surface area contributed by atoms with Crippen LogP contribution in [0.5, 0.6) is 0 Å². The molecule has 0 fully saturated rings. The molecule has 2 heterocycles. The van der Waals surface area contributed by atoms with E-state index in [1.807, 2.05) is 0 Å². The lowest BCUT2D eigenvalue weighted by molar-refractivity contribution is 0.0689. The SMILES string of the molecule is C[C@H](c1nc2ccccc2c(=O)[nH]1)n1nc(C(=O)O)c2ccccc2c1=O. The van der Waals surface area contributed by atoms with Crippen molar-refractivity contribution in [1.29, 1.82) is 0 Å². The number of hydrogen-bond acceptors (Lipinski definition) is 5. The van der Waals surface area contributed by atoms with Gasteiger partial charge < -0.3 is 10.1 Å². The monoisotopic (exact) mass is 362 g/mol. The lowest BCUT2D eigenvalue weighted by atomic mass is 10.1. The van der Waals surface area contributed by atoms with Crippen LogP contribution in [0.1, 0.15) is 29.3 Å². The van der Waals surface area contributed by atoms with Crippen LogP contribution in [0.25, 0.3) is 21.7 Å². The fourth-order valence-electron chi connectivity index (χ4n) is 3.05. The normalized spacial score (nSPS) is 12.3. The molecule has 4 aromatic rings. The number of nitrogens with one attached hydrogen (secondary N) is 1. The number of carboxylic acids is 1. The van der Waals surface area contributed by atoms with E-state index in [0.29, 0.717) is 10.9 Å². The van der Waals surface area contributed by atoms with E-state index in [2.05, 4.69) is 15.1 Å². The smallest absolute Gasteiger partial charge is 0.357 e. The van der Waals surface area contributed by atoms with Crippen LogP contribution in [-0.4, -0.2) is 30.8 Å². The van der Waals surface area contributed by atoms with Gasteiger partial charge in [-0.25, -0.2) is 14.5 Å². The van der Waals surface area contributed by atoms with Gasteiger partial charge in [-0.15, -0.1) is 0 Å². The first-order valence-electron chi connectivity index (χ1n) is 8.21. The van der Waals surface area contributed by atoms with Crippen LogP contribution in [0.3, 0.4) is 0 Å². The van der Waals surface area contributed by atoms with Gasteiger partial charge in [0.25, 0.3) is 11.1 Å². The van der Waals surface area contributed by atoms with E-state index >= 15 is 0 Å². The molecule has 0 radical (unpaired) electrons. The minimum absolute atomic E-state index is 0.222. The van der Waals surface area contributed by atoms with Crippen molar-refractivity contribution in [2.24, 2.45) is 0 Å². The summed E-state index contributed by atoms with van der Waals surface area (Å²) in [6.45, 7) is 1.63. The van der Waals surface area contributed by atoms with Crippen LogP contribution < -0.4 is 11.1 Å². The van der Waals surface area contributed by atoms with E-state index in [4.69, 9.17) is 0 Å². The topological polar surface area (TPSA) is 118 Å². The predicted molar refractivity (Wildman–Crippen MR) is 99.1 cm³/mol. The van der Waals surface area contributed by atoms with Crippen LogP contribution in [0.15, 0.2) is 58.1 Å². The first kappa shape index (κ1) is 16.6. The molecule has 8 nitrogen and oxygen atoms in total. The Morgan fingerprint density at radius 1 is 1.04 bits per heavy atom. The second kappa shape index (κ2) is 6.17. The summed E-state index contributed by atoms with van der Waals surface area (Å²) in [6, 6.07) is 12.5. The Hall–Kier alpha value is -3.81. The molecule has 0 unspecified atom stereocenters. The summed E-state index contributed by atoms with van der Waals surface area (Å²) in [5.74, 6) is -1.02. The molecule has 4 rings (SSSR count). The van der Waals surface area contributed by atoms with Crippen molar-refractivity contribution in [2.45, 2.75) is 13.0 Å². The number of fused-ring (bicyclic) bond motifs is 2. The molecule has 0 saturated carbocycles. The Balaban J connectivity index is 1.97. The minimum Gasteiger partial charge on any atom is -0.476 e. The maximum absolute atomic E-state index is 12.9. The van der Waals surface area contributed by atoms with E-state index in [0.717, 1.165) is 4.68 Å². The van der Waals surface area contributed by atoms with Crippen LogP contribution in [0, 0.1) is 0 Å². The standard InChI is InChI=1S/C19H14N4O4/c1-10(16-20-14-9-5-4-8-13(14)17(24)21-16)23-18(25)12-7-3-2-6-11(12)15(22-23)19(26)27/h2-10H,1H3,(H,26,27)(H,20,21,24)/t10-/m1/s1. The molecule has 0 amide bonds. The zero-order chi connectivity index (χ0) is 19.1. The second-order valence-corrected chi connectivity index (χ2v) is 6.09. The van der Waals surface area contributed by atoms with Crippen molar-refractivity contribution in [3.63, 3.8) is 0 Å². The molecule has 0 aliphatic rings. The Morgan fingerprint density at radius 2 is 1.67 bits per heavy atom. The van der Waals surface area contributed by atoms with Gasteiger partial charge >= 0.3 is 5.97 Å². The molecular weight excluding hydrogens is 348 g/mol. The fraction of sp³-hybridized carbons (Fsp3) is 0.105.